The molecule has 0 radical (unpaired) electrons. The van der Waals surface area contributed by atoms with E-state index in [1.165, 1.54) is 5.56 Å². The van der Waals surface area contributed by atoms with Crippen LogP contribution in [0.1, 0.15) is 11.1 Å². The molecule has 0 aliphatic carbocycles. The molecule has 0 unspecified atom stereocenters. The predicted molar refractivity (Wildman–Crippen MR) is 129 cm³/mol. The van der Waals surface area contributed by atoms with Gasteiger partial charge in [-0.25, -0.2) is 4.98 Å². The molecule has 166 valence electrons. The van der Waals surface area contributed by atoms with E-state index in [2.05, 4.69) is 44.9 Å². The minimum Gasteiger partial charge on any atom is -0.495 e. The van der Waals surface area contributed by atoms with Crippen LogP contribution in [0.15, 0.2) is 60.8 Å². The van der Waals surface area contributed by atoms with Gasteiger partial charge in [-0.2, -0.15) is 5.26 Å². The van der Waals surface area contributed by atoms with Crippen molar-refractivity contribution in [3.8, 4) is 29.0 Å². The van der Waals surface area contributed by atoms with Crippen molar-refractivity contribution in [2.24, 2.45) is 0 Å². The second-order valence-corrected chi connectivity index (χ2v) is 8.07. The molecule has 7 heteroatoms. The quantitative estimate of drug-likeness (QED) is 0.375. The van der Waals surface area contributed by atoms with Gasteiger partial charge in [0.25, 0.3) is 0 Å². The number of H-pyrrole nitrogens is 1. The first-order chi connectivity index (χ1) is 16.2. The van der Waals surface area contributed by atoms with Gasteiger partial charge in [0.1, 0.15) is 11.9 Å². The Labute approximate surface area is 192 Å². The van der Waals surface area contributed by atoms with Crippen LogP contribution in [0.2, 0.25) is 0 Å². The van der Waals surface area contributed by atoms with Crippen molar-refractivity contribution in [2.45, 2.75) is 12.5 Å². The lowest BCUT2D eigenvalue weighted by Crippen LogP contribution is -2.40. The fourth-order valence-corrected chi connectivity index (χ4v) is 4.05. The van der Waals surface area contributed by atoms with Crippen LogP contribution in [0.3, 0.4) is 0 Å². The van der Waals surface area contributed by atoms with Crippen LogP contribution in [-0.2, 0) is 6.42 Å². The van der Waals surface area contributed by atoms with Gasteiger partial charge >= 0.3 is 0 Å². The Morgan fingerprint density at radius 2 is 2.09 bits per heavy atom. The maximum atomic E-state index is 8.89. The molecule has 0 saturated heterocycles. The number of aromatic amines is 1. The summed E-state index contributed by atoms with van der Waals surface area (Å²) in [6, 6.07) is 20.0. The number of methoxy groups -OCH3 is 1. The first-order valence-corrected chi connectivity index (χ1v) is 11.0. The molecule has 7 nitrogen and oxygen atoms in total. The number of hydrogen-bond acceptors (Lipinski definition) is 6. The normalized spacial score (nSPS) is 14.7. The molecule has 3 N–H and O–H groups in total. The van der Waals surface area contributed by atoms with Crippen molar-refractivity contribution in [1.82, 2.24) is 15.3 Å². The lowest BCUT2D eigenvalue weighted by molar-refractivity contribution is 0.194. The molecule has 2 aromatic heterocycles. The Hall–Kier alpha value is -4.02. The van der Waals surface area contributed by atoms with E-state index in [9.17, 15) is 0 Å². The number of pyridine rings is 1. The summed E-state index contributed by atoms with van der Waals surface area (Å²) >= 11 is 0. The van der Waals surface area contributed by atoms with Crippen molar-refractivity contribution in [3.05, 3.63) is 71.9 Å². The molecular weight excluding hydrogens is 414 g/mol. The molecule has 1 aliphatic heterocycles. The van der Waals surface area contributed by atoms with Gasteiger partial charge in [-0.1, -0.05) is 24.3 Å². The highest BCUT2D eigenvalue weighted by atomic mass is 16.5. The number of ether oxygens (including phenoxy) is 2. The van der Waals surface area contributed by atoms with Gasteiger partial charge in [0.05, 0.1) is 36.5 Å². The summed E-state index contributed by atoms with van der Waals surface area (Å²) in [6.07, 6.45) is 2.74. The number of hydrogen-bond donors (Lipinski definition) is 3. The highest BCUT2D eigenvalue weighted by Crippen LogP contribution is 2.34. The Morgan fingerprint density at radius 3 is 2.91 bits per heavy atom. The number of fused-ring (bicyclic) bond motifs is 2. The average molecular weight is 440 g/mol. The van der Waals surface area contributed by atoms with Gasteiger partial charge in [0.15, 0.2) is 0 Å². The molecule has 33 heavy (non-hydrogen) atoms. The van der Waals surface area contributed by atoms with E-state index < -0.39 is 0 Å². The number of nitrogens with one attached hydrogen (secondary N) is 3. The van der Waals surface area contributed by atoms with Gasteiger partial charge in [-0.05, 0) is 48.9 Å². The molecule has 0 spiro atoms. The second-order valence-electron chi connectivity index (χ2n) is 8.07. The third-order valence-corrected chi connectivity index (χ3v) is 5.84. The van der Waals surface area contributed by atoms with Crippen molar-refractivity contribution in [1.29, 1.82) is 5.26 Å². The Morgan fingerprint density at radius 1 is 1.21 bits per heavy atom. The zero-order valence-corrected chi connectivity index (χ0v) is 18.4. The number of nitriles is 1. The lowest BCUT2D eigenvalue weighted by Gasteiger charge is -2.27. The predicted octanol–water partition coefficient (Wildman–Crippen LogP) is 4.12. The summed E-state index contributed by atoms with van der Waals surface area (Å²) in [6.45, 7) is 2.28. The number of aromatic nitrogens is 2. The van der Waals surface area contributed by atoms with Crippen LogP contribution in [-0.4, -0.2) is 42.8 Å². The third kappa shape index (κ3) is 4.47. The number of rotatable bonds is 7. The van der Waals surface area contributed by atoms with E-state index >= 15 is 0 Å². The van der Waals surface area contributed by atoms with E-state index in [1.54, 1.807) is 7.11 Å². The molecule has 0 saturated carbocycles. The highest BCUT2D eigenvalue weighted by molar-refractivity contribution is 5.90. The summed E-state index contributed by atoms with van der Waals surface area (Å²) in [4.78, 5) is 8.00. The molecule has 1 aliphatic rings. The van der Waals surface area contributed by atoms with Crippen molar-refractivity contribution < 1.29 is 9.47 Å². The minimum absolute atomic E-state index is 0.00847. The van der Waals surface area contributed by atoms with Crippen molar-refractivity contribution in [2.75, 3.05) is 32.1 Å². The maximum absolute atomic E-state index is 8.89. The van der Waals surface area contributed by atoms with Gasteiger partial charge in [-0.3, -0.25) is 0 Å². The Bertz CT molecular complexity index is 1310. The van der Waals surface area contributed by atoms with Crippen molar-refractivity contribution >= 4 is 16.6 Å². The molecule has 2 aromatic carbocycles. The fourth-order valence-electron chi connectivity index (χ4n) is 4.05. The molecule has 0 amide bonds. The Balaban J connectivity index is 1.19. The van der Waals surface area contributed by atoms with Gasteiger partial charge in [-0.15, -0.1) is 0 Å². The summed E-state index contributed by atoms with van der Waals surface area (Å²) < 4.78 is 11.6. The third-order valence-electron chi connectivity index (χ3n) is 5.84. The largest absolute Gasteiger partial charge is 0.495 e. The minimum atomic E-state index is 0.00847. The molecule has 3 heterocycles. The van der Waals surface area contributed by atoms with E-state index in [-0.39, 0.29) is 6.10 Å². The summed E-state index contributed by atoms with van der Waals surface area (Å²) in [5.74, 6) is 1.44. The number of para-hydroxylation sites is 1. The van der Waals surface area contributed by atoms with Gasteiger partial charge in [0, 0.05) is 29.4 Å². The second kappa shape index (κ2) is 9.23. The Kier molecular flexibility index (Phi) is 5.83. The zero-order valence-electron chi connectivity index (χ0n) is 18.4. The van der Waals surface area contributed by atoms with E-state index in [1.807, 2.05) is 42.6 Å². The fraction of sp³-hybridized carbons (Fsp3) is 0.231. The van der Waals surface area contributed by atoms with Crippen LogP contribution in [0.4, 0.5) is 5.69 Å². The van der Waals surface area contributed by atoms with E-state index in [0.29, 0.717) is 18.0 Å². The van der Waals surface area contributed by atoms with Crippen LogP contribution in [0.25, 0.3) is 22.2 Å². The van der Waals surface area contributed by atoms with E-state index in [4.69, 9.17) is 14.7 Å². The average Bonchev–Trinajstić information content (AvgIpc) is 3.31. The van der Waals surface area contributed by atoms with Crippen LogP contribution in [0, 0.1) is 11.3 Å². The van der Waals surface area contributed by atoms with Crippen LogP contribution >= 0.6 is 0 Å². The number of anilines is 1. The SMILES string of the molecule is COc1cccc2cc(-c3cnc4c(c3)NC[C@@H](CNCCc3ccc(C#N)cc3)O4)[nH]c12. The lowest BCUT2D eigenvalue weighted by atomic mass is 10.1. The highest BCUT2D eigenvalue weighted by Gasteiger charge is 2.21. The maximum Gasteiger partial charge on any atom is 0.237 e. The summed E-state index contributed by atoms with van der Waals surface area (Å²) in [5.41, 5.74) is 5.74. The molecule has 4 aromatic rings. The van der Waals surface area contributed by atoms with E-state index in [0.717, 1.165) is 53.1 Å². The molecule has 5 rings (SSSR count). The zero-order chi connectivity index (χ0) is 22.6. The first-order valence-electron chi connectivity index (χ1n) is 11.0. The van der Waals surface area contributed by atoms with Gasteiger partial charge < -0.3 is 25.1 Å². The monoisotopic (exact) mass is 439 g/mol. The summed E-state index contributed by atoms with van der Waals surface area (Å²) in [7, 11) is 1.68. The van der Waals surface area contributed by atoms with Crippen LogP contribution in [0.5, 0.6) is 11.6 Å². The molecular formula is C26H25N5O2. The van der Waals surface area contributed by atoms with Crippen molar-refractivity contribution in [3.63, 3.8) is 0 Å². The number of benzene rings is 2. The summed E-state index contributed by atoms with van der Waals surface area (Å²) in [5, 5.41) is 16.9. The topological polar surface area (TPSA) is 95.0 Å². The molecule has 0 fully saturated rings. The standard InChI is InChI=1S/C26H25N5O2/c1-32-24-4-2-3-19-11-22(31-25(19)24)20-12-23-26(30-14-20)33-21(16-29-23)15-28-10-9-17-5-7-18(13-27)8-6-17/h2-8,11-12,14,21,28-29,31H,9-10,15-16H2,1H3/t21-/m1/s1. The molecule has 1 atom stereocenters. The van der Waals surface area contributed by atoms with Crippen LogP contribution < -0.4 is 20.1 Å². The first kappa shape index (κ1) is 20.9. The smallest absolute Gasteiger partial charge is 0.237 e. The van der Waals surface area contributed by atoms with Gasteiger partial charge in [0.2, 0.25) is 5.88 Å². The molecule has 0 bridgehead atoms. The number of nitrogens with zero attached hydrogens (tertiary/aromatic N) is 2.